The summed E-state index contributed by atoms with van der Waals surface area (Å²) in [5.41, 5.74) is 8.88. The minimum absolute atomic E-state index is 0.107. The van der Waals surface area contributed by atoms with E-state index in [2.05, 4.69) is 20.8 Å². The molecular weight excluding hydrogens is 286 g/mol. The highest BCUT2D eigenvalue weighted by atomic mass is 16.6. The minimum atomic E-state index is -0.954. The third-order valence-electron chi connectivity index (χ3n) is 3.61. The fourth-order valence-electron chi connectivity index (χ4n) is 2.19. The van der Waals surface area contributed by atoms with Gasteiger partial charge in [0, 0.05) is 5.69 Å². The maximum Gasteiger partial charge on any atom is 0.217 e. The van der Waals surface area contributed by atoms with Crippen LogP contribution in [0.1, 0.15) is 31.9 Å². The molecule has 0 bridgehead atoms. The van der Waals surface area contributed by atoms with E-state index in [0.29, 0.717) is 5.75 Å². The number of anilines is 1. The van der Waals surface area contributed by atoms with Crippen LogP contribution in [0.25, 0.3) is 0 Å². The van der Waals surface area contributed by atoms with Gasteiger partial charge < -0.3 is 15.6 Å². The summed E-state index contributed by atoms with van der Waals surface area (Å²) >= 11 is 0. The van der Waals surface area contributed by atoms with E-state index in [1.54, 1.807) is 6.08 Å². The lowest BCUT2D eigenvalue weighted by Gasteiger charge is -2.19. The standard InChI is InChI=1S/C20H25NO2/c1-20(2,3)16-9-13-18(14-10-16)23-19(22)6-4-5-15-7-11-17(21)12-8-15/h4,6-14,19,22H,5,21H2,1-3H3. The van der Waals surface area contributed by atoms with E-state index in [1.165, 1.54) is 5.56 Å². The first-order valence-electron chi connectivity index (χ1n) is 7.81. The van der Waals surface area contributed by atoms with Gasteiger partial charge in [0.25, 0.3) is 0 Å². The second-order valence-corrected chi connectivity index (χ2v) is 6.66. The lowest BCUT2D eigenvalue weighted by molar-refractivity contribution is 0.0246. The number of nitrogens with two attached hydrogens (primary N) is 1. The van der Waals surface area contributed by atoms with Crippen molar-refractivity contribution < 1.29 is 9.84 Å². The summed E-state index contributed by atoms with van der Waals surface area (Å²) in [5.74, 6) is 0.655. The maximum absolute atomic E-state index is 9.92. The molecule has 0 aromatic heterocycles. The summed E-state index contributed by atoms with van der Waals surface area (Å²) in [6.07, 6.45) is 3.31. The van der Waals surface area contributed by atoms with Gasteiger partial charge in [-0.2, -0.15) is 0 Å². The number of hydrogen-bond acceptors (Lipinski definition) is 3. The molecule has 0 saturated carbocycles. The first-order valence-corrected chi connectivity index (χ1v) is 7.81. The number of allylic oxidation sites excluding steroid dienone is 1. The molecule has 2 rings (SSSR count). The van der Waals surface area contributed by atoms with E-state index in [1.807, 2.05) is 54.6 Å². The zero-order valence-electron chi connectivity index (χ0n) is 14.0. The van der Waals surface area contributed by atoms with E-state index in [0.717, 1.165) is 17.7 Å². The Bertz CT molecular complexity index is 637. The van der Waals surface area contributed by atoms with Crippen molar-refractivity contribution in [3.05, 3.63) is 71.8 Å². The van der Waals surface area contributed by atoms with Crippen LogP contribution in [0.5, 0.6) is 5.75 Å². The predicted molar refractivity (Wildman–Crippen MR) is 95.5 cm³/mol. The van der Waals surface area contributed by atoms with Gasteiger partial charge in [-0.3, -0.25) is 0 Å². The summed E-state index contributed by atoms with van der Waals surface area (Å²) in [7, 11) is 0. The number of aliphatic hydroxyl groups is 1. The zero-order chi connectivity index (χ0) is 16.9. The molecule has 0 aliphatic heterocycles. The van der Waals surface area contributed by atoms with Crippen molar-refractivity contribution in [3.63, 3.8) is 0 Å². The van der Waals surface area contributed by atoms with Crippen LogP contribution in [0.4, 0.5) is 5.69 Å². The number of aliphatic hydroxyl groups excluding tert-OH is 1. The number of ether oxygens (including phenoxy) is 1. The van der Waals surface area contributed by atoms with E-state index in [9.17, 15) is 5.11 Å². The van der Waals surface area contributed by atoms with Crippen molar-refractivity contribution >= 4 is 5.69 Å². The molecule has 23 heavy (non-hydrogen) atoms. The Kier molecular flexibility index (Phi) is 5.45. The third-order valence-corrected chi connectivity index (χ3v) is 3.61. The fraction of sp³-hybridized carbons (Fsp3) is 0.300. The fourth-order valence-corrected chi connectivity index (χ4v) is 2.19. The largest absolute Gasteiger partial charge is 0.461 e. The van der Waals surface area contributed by atoms with Gasteiger partial charge in [0.05, 0.1) is 0 Å². The second-order valence-electron chi connectivity index (χ2n) is 6.66. The highest BCUT2D eigenvalue weighted by molar-refractivity contribution is 5.39. The molecule has 0 radical (unpaired) electrons. The quantitative estimate of drug-likeness (QED) is 0.497. The molecule has 0 aliphatic rings. The number of hydrogen-bond donors (Lipinski definition) is 2. The zero-order valence-corrected chi connectivity index (χ0v) is 14.0. The molecule has 3 nitrogen and oxygen atoms in total. The summed E-state index contributed by atoms with van der Waals surface area (Å²) in [6, 6.07) is 15.5. The highest BCUT2D eigenvalue weighted by Crippen LogP contribution is 2.24. The average molecular weight is 311 g/mol. The molecule has 0 aliphatic carbocycles. The summed E-state index contributed by atoms with van der Waals surface area (Å²) in [4.78, 5) is 0. The van der Waals surface area contributed by atoms with Gasteiger partial charge in [-0.25, -0.2) is 0 Å². The molecule has 2 aromatic rings. The van der Waals surface area contributed by atoms with Crippen molar-refractivity contribution in [2.75, 3.05) is 5.73 Å². The van der Waals surface area contributed by atoms with Gasteiger partial charge >= 0.3 is 0 Å². The van der Waals surface area contributed by atoms with Crippen molar-refractivity contribution in [1.29, 1.82) is 0 Å². The molecular formula is C20H25NO2. The van der Waals surface area contributed by atoms with Crippen LogP contribution in [0.15, 0.2) is 60.7 Å². The van der Waals surface area contributed by atoms with E-state index < -0.39 is 6.29 Å². The Morgan fingerprint density at radius 1 is 1.04 bits per heavy atom. The molecule has 122 valence electrons. The van der Waals surface area contributed by atoms with Crippen molar-refractivity contribution in [1.82, 2.24) is 0 Å². The molecule has 1 unspecified atom stereocenters. The first kappa shape index (κ1) is 17.1. The Labute approximate surface area is 138 Å². The normalized spacial score (nSPS) is 13.2. The molecule has 1 atom stereocenters. The van der Waals surface area contributed by atoms with Gasteiger partial charge in [-0.1, -0.05) is 51.1 Å². The van der Waals surface area contributed by atoms with Crippen molar-refractivity contribution in [2.45, 2.75) is 38.9 Å². The lowest BCUT2D eigenvalue weighted by atomic mass is 9.87. The Balaban J connectivity index is 1.87. The topological polar surface area (TPSA) is 55.5 Å². The van der Waals surface area contributed by atoms with Crippen molar-refractivity contribution in [2.24, 2.45) is 0 Å². The van der Waals surface area contributed by atoms with Gasteiger partial charge in [-0.05, 0) is 53.3 Å². The van der Waals surface area contributed by atoms with Crippen LogP contribution < -0.4 is 10.5 Å². The van der Waals surface area contributed by atoms with Gasteiger partial charge in [0.2, 0.25) is 6.29 Å². The van der Waals surface area contributed by atoms with Crippen LogP contribution in [0.3, 0.4) is 0 Å². The smallest absolute Gasteiger partial charge is 0.217 e. The summed E-state index contributed by atoms with van der Waals surface area (Å²) in [6.45, 7) is 6.49. The Morgan fingerprint density at radius 3 is 2.22 bits per heavy atom. The molecule has 0 heterocycles. The van der Waals surface area contributed by atoms with Gasteiger partial charge in [-0.15, -0.1) is 0 Å². The molecule has 3 heteroatoms. The van der Waals surface area contributed by atoms with E-state index in [4.69, 9.17) is 10.5 Å². The minimum Gasteiger partial charge on any atom is -0.461 e. The van der Waals surface area contributed by atoms with Crippen LogP contribution in [0, 0.1) is 0 Å². The maximum atomic E-state index is 9.92. The number of nitrogen functional groups attached to an aromatic ring is 1. The van der Waals surface area contributed by atoms with Gasteiger partial charge in [0.15, 0.2) is 0 Å². The third kappa shape index (κ3) is 5.46. The predicted octanol–water partition coefficient (Wildman–Crippen LogP) is 4.06. The molecule has 0 fully saturated rings. The lowest BCUT2D eigenvalue weighted by Crippen LogP contribution is -2.13. The molecule has 3 N–H and O–H groups in total. The number of benzene rings is 2. The molecule has 0 spiro atoms. The second kappa shape index (κ2) is 7.34. The molecule has 2 aromatic carbocycles. The highest BCUT2D eigenvalue weighted by Gasteiger charge is 2.13. The monoisotopic (exact) mass is 311 g/mol. The van der Waals surface area contributed by atoms with Gasteiger partial charge in [0.1, 0.15) is 5.75 Å². The molecule has 0 saturated heterocycles. The van der Waals surface area contributed by atoms with Crippen molar-refractivity contribution in [3.8, 4) is 5.75 Å². The number of rotatable bonds is 5. The Hall–Kier alpha value is -2.26. The van der Waals surface area contributed by atoms with E-state index in [-0.39, 0.29) is 5.41 Å². The van der Waals surface area contributed by atoms with Crippen LogP contribution in [0.2, 0.25) is 0 Å². The van der Waals surface area contributed by atoms with Crippen LogP contribution in [-0.2, 0) is 11.8 Å². The Morgan fingerprint density at radius 2 is 1.65 bits per heavy atom. The average Bonchev–Trinajstić information content (AvgIpc) is 2.49. The molecule has 0 amide bonds. The first-order chi connectivity index (χ1) is 10.8. The SMILES string of the molecule is CC(C)(C)c1ccc(OC(O)C=CCc2ccc(N)cc2)cc1. The van der Waals surface area contributed by atoms with Crippen LogP contribution >= 0.6 is 0 Å². The summed E-state index contributed by atoms with van der Waals surface area (Å²) in [5, 5.41) is 9.92. The van der Waals surface area contributed by atoms with Crippen LogP contribution in [-0.4, -0.2) is 11.4 Å². The van der Waals surface area contributed by atoms with E-state index >= 15 is 0 Å². The summed E-state index contributed by atoms with van der Waals surface area (Å²) < 4.78 is 5.49.